The average Bonchev–Trinajstić information content (AvgIpc) is 3.35. The monoisotopic (exact) mass is 614 g/mol. The molecule has 0 amide bonds. The van der Waals surface area contributed by atoms with Gasteiger partial charge in [0, 0.05) is 19.4 Å². The van der Waals surface area contributed by atoms with Crippen molar-refractivity contribution in [1.82, 2.24) is 15.0 Å². The number of benzene rings is 2. The summed E-state index contributed by atoms with van der Waals surface area (Å²) >= 11 is 0.447. The van der Waals surface area contributed by atoms with Gasteiger partial charge < -0.3 is 19.5 Å². The van der Waals surface area contributed by atoms with Crippen molar-refractivity contribution >= 4 is 55.1 Å². The number of thiazole rings is 1. The van der Waals surface area contributed by atoms with Gasteiger partial charge in [0.15, 0.2) is 22.3 Å². The van der Waals surface area contributed by atoms with E-state index in [2.05, 4.69) is 25.6 Å². The normalized spacial score (nSPS) is 11.8. The van der Waals surface area contributed by atoms with Crippen LogP contribution in [0.2, 0.25) is 0 Å². The molecule has 2 heterocycles. The summed E-state index contributed by atoms with van der Waals surface area (Å²) in [6.07, 6.45) is -4.90. The van der Waals surface area contributed by atoms with E-state index < -0.39 is 32.7 Å². The fraction of sp³-hybridized carbons (Fsp3) is 0.250. The number of nitrogens with two attached hydrogens (primary N) is 1. The van der Waals surface area contributed by atoms with Gasteiger partial charge in [-0.2, -0.15) is 18.2 Å². The van der Waals surface area contributed by atoms with E-state index in [-0.39, 0.29) is 36.4 Å². The number of nitrogens with zero attached hydrogens (tertiary/aromatic N) is 3. The van der Waals surface area contributed by atoms with E-state index in [1.807, 2.05) is 0 Å². The Bertz CT molecular complexity index is 1700. The number of methoxy groups -OCH3 is 2. The number of hydrogen-bond acceptors (Lipinski definition) is 12. The van der Waals surface area contributed by atoms with Crippen molar-refractivity contribution < 1.29 is 42.0 Å². The summed E-state index contributed by atoms with van der Waals surface area (Å²) < 4.78 is 79.3. The molecule has 0 unspecified atom stereocenters. The number of sulfonamides is 1. The maximum Gasteiger partial charge on any atom is 0.435 e. The first-order valence-electron chi connectivity index (χ1n) is 11.7. The first-order valence-corrected chi connectivity index (χ1v) is 14.0. The van der Waals surface area contributed by atoms with Crippen LogP contribution in [0.25, 0.3) is 10.9 Å². The van der Waals surface area contributed by atoms with Gasteiger partial charge in [-0.3, -0.25) is 5.32 Å². The number of esters is 1. The lowest BCUT2D eigenvalue weighted by Crippen LogP contribution is -2.13. The summed E-state index contributed by atoms with van der Waals surface area (Å²) in [5.41, 5.74) is -0.379. The van der Waals surface area contributed by atoms with Gasteiger partial charge in [-0.1, -0.05) is 23.5 Å². The van der Waals surface area contributed by atoms with Crippen molar-refractivity contribution in [3.63, 3.8) is 0 Å². The minimum Gasteiger partial charge on any atom is -0.493 e. The summed E-state index contributed by atoms with van der Waals surface area (Å²) in [5, 5.41) is 11.1. The quantitative estimate of drug-likeness (QED) is 0.214. The first-order chi connectivity index (χ1) is 19.3. The largest absolute Gasteiger partial charge is 0.493 e. The lowest BCUT2D eigenvalue weighted by Gasteiger charge is -2.14. The molecule has 12 nitrogen and oxygen atoms in total. The zero-order chi connectivity index (χ0) is 29.9. The molecule has 41 heavy (non-hydrogen) atoms. The zero-order valence-electron chi connectivity index (χ0n) is 21.7. The van der Waals surface area contributed by atoms with Crippen LogP contribution in [0, 0.1) is 0 Å². The molecule has 4 N–H and O–H groups in total. The Labute approximate surface area is 237 Å². The van der Waals surface area contributed by atoms with E-state index in [1.54, 1.807) is 24.3 Å². The zero-order valence-corrected chi connectivity index (χ0v) is 23.3. The lowest BCUT2D eigenvalue weighted by molar-refractivity contribution is -0.141. The number of alkyl halides is 3. The second-order valence-electron chi connectivity index (χ2n) is 8.20. The highest BCUT2D eigenvalue weighted by Gasteiger charge is 2.40. The Morgan fingerprint density at radius 1 is 1.07 bits per heavy atom. The summed E-state index contributed by atoms with van der Waals surface area (Å²) in [5.74, 6) is -0.314. The van der Waals surface area contributed by atoms with Crippen LogP contribution in [0.4, 0.5) is 30.1 Å². The number of hydrogen-bond donors (Lipinski definition) is 3. The highest BCUT2D eigenvalue weighted by atomic mass is 32.2. The van der Waals surface area contributed by atoms with Gasteiger partial charge in [0.05, 0.1) is 31.2 Å². The molecule has 220 valence electrons. The van der Waals surface area contributed by atoms with Gasteiger partial charge in [0.25, 0.3) is 0 Å². The second-order valence-corrected chi connectivity index (χ2v) is 10.8. The topological polar surface area (TPSA) is 168 Å². The van der Waals surface area contributed by atoms with Crippen LogP contribution in [0.5, 0.6) is 11.5 Å². The average molecular weight is 615 g/mol. The highest BCUT2D eigenvalue weighted by molar-refractivity contribution is 7.89. The van der Waals surface area contributed by atoms with Gasteiger partial charge >= 0.3 is 12.1 Å². The molecule has 0 aliphatic heterocycles. The van der Waals surface area contributed by atoms with Gasteiger partial charge in [0.2, 0.25) is 16.0 Å². The van der Waals surface area contributed by atoms with Crippen molar-refractivity contribution in [2.45, 2.75) is 24.5 Å². The lowest BCUT2D eigenvalue weighted by atomic mass is 10.2. The summed E-state index contributed by atoms with van der Waals surface area (Å²) in [7, 11) is -0.987. The third kappa shape index (κ3) is 6.75. The van der Waals surface area contributed by atoms with Crippen molar-refractivity contribution in [1.29, 1.82) is 0 Å². The second kappa shape index (κ2) is 11.7. The predicted molar refractivity (Wildman–Crippen MR) is 146 cm³/mol. The number of aromatic nitrogens is 3. The van der Waals surface area contributed by atoms with Gasteiger partial charge in [0.1, 0.15) is 10.7 Å². The molecule has 0 fully saturated rings. The SMILES string of the molecule is CCOC(=O)c1sc(Nc2nc(NCc3ccc(S(N)(=O)=O)cc3)c3cc(OC)c(OC)cc3n2)nc1C(F)(F)F.[HH]. The molecule has 0 bridgehead atoms. The molecular formula is C24H25F3N6O6S2. The Morgan fingerprint density at radius 3 is 2.32 bits per heavy atom. The van der Waals surface area contributed by atoms with Crippen molar-refractivity contribution in [3.05, 3.63) is 52.5 Å². The predicted octanol–water partition coefficient (Wildman–Crippen LogP) is 4.55. The maximum absolute atomic E-state index is 13.6. The standard InChI is InChI=1S/C24H23F3N6O6S2.H2/c1-4-39-21(34)18-19(24(25,26)27)31-23(40-18)33-22-30-15-10-17(38-3)16(37-2)9-14(15)20(32-22)29-11-12-5-7-13(8-6-12)41(28,35)36;/h5-10H,4,11H2,1-3H3,(H2,28,35,36)(H2,29,30,31,32,33);1H. The van der Waals surface area contributed by atoms with Crippen molar-refractivity contribution in [2.75, 3.05) is 31.5 Å². The van der Waals surface area contributed by atoms with Crippen LogP contribution in [0.1, 0.15) is 29.3 Å². The molecule has 0 atom stereocenters. The number of primary sulfonamides is 1. The molecule has 4 rings (SSSR count). The third-order valence-electron chi connectivity index (χ3n) is 5.49. The third-order valence-corrected chi connectivity index (χ3v) is 7.37. The number of halogens is 3. The van der Waals surface area contributed by atoms with Crippen LogP contribution in [0.3, 0.4) is 0 Å². The molecule has 0 radical (unpaired) electrons. The molecule has 0 aliphatic rings. The summed E-state index contributed by atoms with van der Waals surface area (Å²) in [4.78, 5) is 23.7. The highest BCUT2D eigenvalue weighted by Crippen LogP contribution is 2.38. The van der Waals surface area contributed by atoms with Gasteiger partial charge in [-0.05, 0) is 30.7 Å². The Hall–Kier alpha value is -4.22. The molecule has 2 aromatic heterocycles. The summed E-state index contributed by atoms with van der Waals surface area (Å²) in [6.45, 7) is 1.53. The molecule has 2 aromatic carbocycles. The van der Waals surface area contributed by atoms with Crippen LogP contribution >= 0.6 is 11.3 Å². The van der Waals surface area contributed by atoms with E-state index in [4.69, 9.17) is 19.3 Å². The summed E-state index contributed by atoms with van der Waals surface area (Å²) in [6, 6.07) is 9.00. The van der Waals surface area contributed by atoms with Crippen molar-refractivity contribution in [2.24, 2.45) is 5.14 Å². The molecule has 0 aliphatic carbocycles. The van der Waals surface area contributed by atoms with Crippen LogP contribution in [-0.4, -0.2) is 50.2 Å². The smallest absolute Gasteiger partial charge is 0.435 e. The van der Waals surface area contributed by atoms with E-state index in [9.17, 15) is 26.4 Å². The van der Waals surface area contributed by atoms with Crippen LogP contribution < -0.4 is 25.2 Å². The number of anilines is 3. The fourth-order valence-electron chi connectivity index (χ4n) is 3.63. The number of fused-ring (bicyclic) bond motifs is 1. The first kappa shape index (κ1) is 29.8. The number of rotatable bonds is 10. The number of ether oxygens (including phenoxy) is 3. The van der Waals surface area contributed by atoms with E-state index >= 15 is 0 Å². The molecule has 0 saturated carbocycles. The van der Waals surface area contributed by atoms with Gasteiger partial charge in [-0.25, -0.2) is 28.3 Å². The van der Waals surface area contributed by atoms with E-state index in [0.717, 1.165) is 0 Å². The number of carbonyl (C=O) groups is 1. The molecular weight excluding hydrogens is 589 g/mol. The van der Waals surface area contributed by atoms with Crippen molar-refractivity contribution in [3.8, 4) is 11.5 Å². The molecule has 4 aromatic rings. The van der Waals surface area contributed by atoms with Gasteiger partial charge in [-0.15, -0.1) is 0 Å². The maximum atomic E-state index is 13.6. The van der Waals surface area contributed by atoms with Crippen LogP contribution in [-0.2, 0) is 27.5 Å². The molecule has 17 heteroatoms. The fourth-order valence-corrected chi connectivity index (χ4v) is 5.01. The Morgan fingerprint density at radius 2 is 1.73 bits per heavy atom. The number of nitrogens with one attached hydrogen (secondary N) is 2. The molecule has 0 spiro atoms. The minimum absolute atomic E-state index is 0. The van der Waals surface area contributed by atoms with E-state index in [1.165, 1.54) is 33.3 Å². The minimum atomic E-state index is -4.90. The Balaban J connectivity index is 0.00000484. The molecule has 0 saturated heterocycles. The van der Waals surface area contributed by atoms with E-state index in [0.29, 0.717) is 39.3 Å². The Kier molecular flexibility index (Phi) is 8.50. The number of carbonyl (C=O) groups excluding carboxylic acids is 1. The van der Waals surface area contributed by atoms with Crippen LogP contribution in [0.15, 0.2) is 41.3 Å².